The molecule has 2 aromatic heterocycles. The highest BCUT2D eigenvalue weighted by Crippen LogP contribution is 2.46. The molecule has 0 aromatic carbocycles. The van der Waals surface area contributed by atoms with Gasteiger partial charge in [0.25, 0.3) is 0 Å². The van der Waals surface area contributed by atoms with Crippen LogP contribution >= 0.6 is 27.3 Å². The van der Waals surface area contributed by atoms with Gasteiger partial charge in [-0.25, -0.2) is 4.98 Å². The van der Waals surface area contributed by atoms with Gasteiger partial charge in [-0.15, -0.1) is 0 Å². The first-order valence-corrected chi connectivity index (χ1v) is 9.95. The van der Waals surface area contributed by atoms with Gasteiger partial charge in [0.05, 0.1) is 17.6 Å². The number of thiophene rings is 1. The molecule has 1 aliphatic heterocycles. The number of aromatic nitrogens is 1. The normalized spacial score (nSPS) is 20.2. The van der Waals surface area contributed by atoms with E-state index in [-0.39, 0.29) is 11.7 Å². The Balaban J connectivity index is 1.96. The zero-order valence-corrected chi connectivity index (χ0v) is 16.2. The lowest BCUT2D eigenvalue weighted by Crippen LogP contribution is -2.39. The molecule has 2 aliphatic rings. The average molecular weight is 427 g/mol. The molecule has 0 bridgehead atoms. The fourth-order valence-corrected chi connectivity index (χ4v) is 4.54. The average Bonchev–Trinajstić information content (AvgIpc) is 3.16. The maximum Gasteiger partial charge on any atom is 0.161 e. The maximum atomic E-state index is 12.9. The highest BCUT2D eigenvalue weighted by Gasteiger charge is 2.40. The number of pyridine rings is 1. The van der Waals surface area contributed by atoms with Crippen molar-refractivity contribution in [3.8, 4) is 6.07 Å². The summed E-state index contributed by atoms with van der Waals surface area (Å²) in [6.45, 7) is 0. The molecule has 4 rings (SSSR count). The van der Waals surface area contributed by atoms with Gasteiger partial charge in [-0.1, -0.05) is 0 Å². The van der Waals surface area contributed by atoms with Gasteiger partial charge >= 0.3 is 0 Å². The largest absolute Gasteiger partial charge is 0.384 e. The number of nitriles is 1. The zero-order chi connectivity index (χ0) is 18.3. The Labute approximate surface area is 163 Å². The summed E-state index contributed by atoms with van der Waals surface area (Å²) < 4.78 is 0.853. The standard InChI is InChI=1S/C19H15BrN4OS/c20-12-4-5-16(23-9-12)24-14-2-1-3-15(25)18(14)17(11-6-7-26-10-11)13(8-21)19(24)22/h4-7,9-10,17H,1-3,22H2. The van der Waals surface area contributed by atoms with Gasteiger partial charge in [-0.3, -0.25) is 9.69 Å². The van der Waals surface area contributed by atoms with Crippen LogP contribution in [0.25, 0.3) is 0 Å². The summed E-state index contributed by atoms with van der Waals surface area (Å²) in [6.07, 6.45) is 3.69. The summed E-state index contributed by atoms with van der Waals surface area (Å²) in [7, 11) is 0. The summed E-state index contributed by atoms with van der Waals surface area (Å²) in [6, 6.07) is 7.92. The van der Waals surface area contributed by atoms with Crippen LogP contribution in [0.1, 0.15) is 30.7 Å². The smallest absolute Gasteiger partial charge is 0.161 e. The van der Waals surface area contributed by atoms with Crippen LogP contribution in [0.2, 0.25) is 0 Å². The molecule has 1 unspecified atom stereocenters. The summed E-state index contributed by atoms with van der Waals surface area (Å²) >= 11 is 4.93. The predicted octanol–water partition coefficient (Wildman–Crippen LogP) is 4.21. The Morgan fingerprint density at radius 3 is 2.85 bits per heavy atom. The fourth-order valence-electron chi connectivity index (χ4n) is 3.62. The van der Waals surface area contributed by atoms with Crippen LogP contribution in [-0.4, -0.2) is 10.8 Å². The molecule has 1 aliphatic carbocycles. The molecule has 0 fully saturated rings. The fraction of sp³-hybridized carbons (Fsp3) is 0.211. The predicted molar refractivity (Wildman–Crippen MR) is 104 cm³/mol. The van der Waals surface area contributed by atoms with Crippen molar-refractivity contribution in [2.24, 2.45) is 5.73 Å². The molecule has 0 spiro atoms. The Hall–Kier alpha value is -2.43. The van der Waals surface area contributed by atoms with Gasteiger partial charge in [0, 0.05) is 28.4 Å². The second-order valence-electron chi connectivity index (χ2n) is 6.21. The van der Waals surface area contributed by atoms with Gasteiger partial charge in [0.1, 0.15) is 11.6 Å². The molecule has 2 aromatic rings. The number of allylic oxidation sites excluding steroid dienone is 3. The number of halogens is 1. The number of nitrogens with zero attached hydrogens (tertiary/aromatic N) is 3. The second-order valence-corrected chi connectivity index (χ2v) is 7.90. The molecule has 2 N–H and O–H groups in total. The lowest BCUT2D eigenvalue weighted by molar-refractivity contribution is -0.116. The van der Waals surface area contributed by atoms with Crippen LogP contribution in [0.5, 0.6) is 0 Å². The molecule has 0 saturated carbocycles. The lowest BCUT2D eigenvalue weighted by Gasteiger charge is -2.38. The summed E-state index contributed by atoms with van der Waals surface area (Å²) in [4.78, 5) is 19.1. The summed E-state index contributed by atoms with van der Waals surface area (Å²) in [5, 5.41) is 13.8. The van der Waals surface area contributed by atoms with E-state index >= 15 is 0 Å². The number of rotatable bonds is 2. The minimum absolute atomic E-state index is 0.0878. The van der Waals surface area contributed by atoms with Crippen LogP contribution in [0.3, 0.4) is 0 Å². The Bertz CT molecular complexity index is 970. The molecule has 5 nitrogen and oxygen atoms in total. The molecule has 0 radical (unpaired) electrons. The number of Topliss-reactive ketones (excluding diaryl/α,β-unsaturated/α-hetero) is 1. The van der Waals surface area contributed by atoms with Crippen LogP contribution < -0.4 is 10.6 Å². The third kappa shape index (κ3) is 2.66. The minimum Gasteiger partial charge on any atom is -0.384 e. The molecule has 26 heavy (non-hydrogen) atoms. The Morgan fingerprint density at radius 1 is 1.35 bits per heavy atom. The molecular formula is C19H15BrN4OS. The SMILES string of the molecule is N#CC1=C(N)N(c2ccc(Br)cn2)C2=C(C(=O)CCC2)C1c1ccsc1. The van der Waals surface area contributed by atoms with Crippen molar-refractivity contribution in [2.75, 3.05) is 4.90 Å². The zero-order valence-electron chi connectivity index (χ0n) is 13.8. The maximum absolute atomic E-state index is 12.9. The molecule has 3 heterocycles. The third-order valence-electron chi connectivity index (χ3n) is 4.73. The first kappa shape index (κ1) is 17.0. The van der Waals surface area contributed by atoms with E-state index in [2.05, 4.69) is 27.0 Å². The van der Waals surface area contributed by atoms with Crippen LogP contribution in [-0.2, 0) is 4.79 Å². The number of anilines is 1. The van der Waals surface area contributed by atoms with Gasteiger partial charge in [-0.05, 0) is 63.3 Å². The highest BCUT2D eigenvalue weighted by molar-refractivity contribution is 9.10. The van der Waals surface area contributed by atoms with Crippen LogP contribution in [0.4, 0.5) is 5.82 Å². The van der Waals surface area contributed by atoms with E-state index in [0.717, 1.165) is 28.6 Å². The van der Waals surface area contributed by atoms with Crippen molar-refractivity contribution in [1.82, 2.24) is 4.98 Å². The molecular weight excluding hydrogens is 412 g/mol. The number of carbonyl (C=O) groups is 1. The Morgan fingerprint density at radius 2 is 2.19 bits per heavy atom. The van der Waals surface area contributed by atoms with E-state index in [1.165, 1.54) is 0 Å². The summed E-state index contributed by atoms with van der Waals surface area (Å²) in [5.74, 6) is 0.668. The molecule has 7 heteroatoms. The van der Waals surface area contributed by atoms with E-state index < -0.39 is 0 Å². The van der Waals surface area contributed by atoms with E-state index in [0.29, 0.717) is 29.2 Å². The number of carbonyl (C=O) groups excluding carboxylic acids is 1. The van der Waals surface area contributed by atoms with Crippen molar-refractivity contribution in [3.05, 3.63) is 67.9 Å². The van der Waals surface area contributed by atoms with Crippen LogP contribution in [0.15, 0.2) is 62.3 Å². The Kier molecular flexibility index (Phi) is 4.39. The molecule has 0 saturated heterocycles. The lowest BCUT2D eigenvalue weighted by atomic mass is 9.76. The van der Waals surface area contributed by atoms with Crippen molar-refractivity contribution in [1.29, 1.82) is 5.26 Å². The monoisotopic (exact) mass is 426 g/mol. The number of hydrogen-bond acceptors (Lipinski definition) is 6. The number of ketones is 1. The minimum atomic E-state index is -0.388. The van der Waals surface area contributed by atoms with Gasteiger partial charge < -0.3 is 5.73 Å². The van der Waals surface area contributed by atoms with E-state index in [1.54, 1.807) is 22.4 Å². The number of hydrogen-bond donors (Lipinski definition) is 1. The third-order valence-corrected chi connectivity index (χ3v) is 5.90. The van der Waals surface area contributed by atoms with Gasteiger partial charge in [-0.2, -0.15) is 16.6 Å². The van der Waals surface area contributed by atoms with Gasteiger partial charge in [0.15, 0.2) is 5.78 Å². The van der Waals surface area contributed by atoms with Crippen molar-refractivity contribution in [3.63, 3.8) is 0 Å². The topological polar surface area (TPSA) is 83.0 Å². The molecule has 130 valence electrons. The first-order chi connectivity index (χ1) is 12.6. The summed E-state index contributed by atoms with van der Waals surface area (Å²) in [5.41, 5.74) is 9.34. The van der Waals surface area contributed by atoms with Crippen molar-refractivity contribution >= 4 is 38.9 Å². The quantitative estimate of drug-likeness (QED) is 0.777. The van der Waals surface area contributed by atoms with E-state index in [4.69, 9.17) is 5.73 Å². The van der Waals surface area contributed by atoms with E-state index in [9.17, 15) is 10.1 Å². The molecule has 0 amide bonds. The van der Waals surface area contributed by atoms with Crippen molar-refractivity contribution in [2.45, 2.75) is 25.2 Å². The van der Waals surface area contributed by atoms with Gasteiger partial charge in [0.2, 0.25) is 0 Å². The first-order valence-electron chi connectivity index (χ1n) is 8.21. The molecule has 1 atom stereocenters. The van der Waals surface area contributed by atoms with Crippen molar-refractivity contribution < 1.29 is 4.79 Å². The second kappa shape index (κ2) is 6.71. The highest BCUT2D eigenvalue weighted by atomic mass is 79.9. The van der Waals surface area contributed by atoms with Crippen LogP contribution in [0, 0.1) is 11.3 Å². The van der Waals surface area contributed by atoms with E-state index in [1.807, 2.05) is 29.0 Å². The number of nitrogens with two attached hydrogens (primary N) is 1.